The van der Waals surface area contributed by atoms with Gasteiger partial charge in [0, 0.05) is 11.1 Å². The number of hydrogen-bond donors (Lipinski definition) is 0. The molecule has 0 N–H and O–H groups in total. The Bertz CT molecular complexity index is 539. The van der Waals surface area contributed by atoms with Gasteiger partial charge in [0.15, 0.2) is 0 Å². The minimum absolute atomic E-state index is 0.844. The molecule has 0 atom stereocenters. The van der Waals surface area contributed by atoms with Crippen LogP contribution in [0.5, 0.6) is 5.75 Å². The van der Waals surface area contributed by atoms with Crippen LogP contribution < -0.4 is 4.74 Å². The van der Waals surface area contributed by atoms with Crippen LogP contribution in [-0.2, 0) is 0 Å². The van der Waals surface area contributed by atoms with Gasteiger partial charge in [0.05, 0.1) is 7.11 Å². The Balaban J connectivity index is 2.17. The average molecular weight is 221 g/mol. The van der Waals surface area contributed by atoms with E-state index in [0.717, 1.165) is 22.4 Å². The van der Waals surface area contributed by atoms with Crippen LogP contribution in [0.4, 0.5) is 0 Å². The molecule has 0 spiro atoms. The molecular weight excluding hydrogens is 208 g/mol. The van der Waals surface area contributed by atoms with Crippen molar-refractivity contribution in [1.29, 1.82) is 0 Å². The molecule has 1 nitrogen and oxygen atoms in total. The lowest BCUT2D eigenvalue weighted by atomic mass is 10.1. The smallest absolute Gasteiger partial charge is 0.118 e. The number of ether oxygens (including phenoxy) is 1. The van der Waals surface area contributed by atoms with Crippen molar-refractivity contribution in [3.8, 4) is 17.6 Å². The molecule has 0 aliphatic carbocycles. The number of hydrogen-bond acceptors (Lipinski definition) is 1. The van der Waals surface area contributed by atoms with E-state index in [2.05, 4.69) is 18.8 Å². The predicted molar refractivity (Wildman–Crippen MR) is 69.9 cm³/mol. The minimum Gasteiger partial charge on any atom is -0.497 e. The van der Waals surface area contributed by atoms with Crippen LogP contribution in [-0.4, -0.2) is 7.11 Å². The van der Waals surface area contributed by atoms with Gasteiger partial charge in [0.25, 0.3) is 0 Å². The second kappa shape index (κ2) is 5.23. The van der Waals surface area contributed by atoms with E-state index in [0.29, 0.717) is 0 Å². The van der Waals surface area contributed by atoms with Crippen LogP contribution in [0.25, 0.3) is 0 Å². The van der Waals surface area contributed by atoms with Crippen molar-refractivity contribution >= 4 is 0 Å². The Kier molecular flexibility index (Phi) is 3.47. The first-order chi connectivity index (χ1) is 8.28. The van der Waals surface area contributed by atoms with Crippen molar-refractivity contribution in [2.45, 2.75) is 0 Å². The third-order valence-electron chi connectivity index (χ3n) is 2.40. The van der Waals surface area contributed by atoms with E-state index in [-0.39, 0.29) is 0 Å². The maximum Gasteiger partial charge on any atom is 0.118 e. The molecular formula is C16H13O. The second-order valence-corrected chi connectivity index (χ2v) is 3.68. The Morgan fingerprint density at radius 1 is 0.824 bits per heavy atom. The SMILES string of the molecule is [CH2]c1ccc(C#Cc2ccc(OC)cc2)cc1. The highest BCUT2D eigenvalue weighted by molar-refractivity contribution is 5.44. The summed E-state index contributed by atoms with van der Waals surface area (Å²) >= 11 is 0. The Hall–Kier alpha value is -2.20. The summed E-state index contributed by atoms with van der Waals surface area (Å²) in [6.07, 6.45) is 0. The Labute approximate surface area is 102 Å². The lowest BCUT2D eigenvalue weighted by molar-refractivity contribution is 0.415. The molecule has 0 aliphatic rings. The maximum atomic E-state index is 5.09. The number of benzene rings is 2. The van der Waals surface area contributed by atoms with Gasteiger partial charge in [-0.25, -0.2) is 0 Å². The second-order valence-electron chi connectivity index (χ2n) is 3.68. The van der Waals surface area contributed by atoms with E-state index < -0.39 is 0 Å². The summed E-state index contributed by atoms with van der Waals surface area (Å²) in [7, 11) is 1.65. The zero-order chi connectivity index (χ0) is 12.1. The van der Waals surface area contributed by atoms with Crippen molar-refractivity contribution in [2.24, 2.45) is 0 Å². The highest BCUT2D eigenvalue weighted by Crippen LogP contribution is 2.10. The van der Waals surface area contributed by atoms with E-state index in [9.17, 15) is 0 Å². The maximum absolute atomic E-state index is 5.09. The molecule has 0 fully saturated rings. The van der Waals surface area contributed by atoms with E-state index in [1.165, 1.54) is 0 Å². The third kappa shape index (κ3) is 3.12. The van der Waals surface area contributed by atoms with Crippen LogP contribution in [0.1, 0.15) is 16.7 Å². The molecule has 0 aromatic heterocycles. The van der Waals surface area contributed by atoms with Gasteiger partial charge >= 0.3 is 0 Å². The lowest BCUT2D eigenvalue weighted by Crippen LogP contribution is -1.82. The summed E-state index contributed by atoms with van der Waals surface area (Å²) in [6, 6.07) is 15.6. The molecule has 1 radical (unpaired) electrons. The van der Waals surface area contributed by atoms with Crippen molar-refractivity contribution in [3.63, 3.8) is 0 Å². The molecule has 17 heavy (non-hydrogen) atoms. The van der Waals surface area contributed by atoms with Gasteiger partial charge in [-0.05, 0) is 48.9 Å². The predicted octanol–water partition coefficient (Wildman–Crippen LogP) is 3.28. The summed E-state index contributed by atoms with van der Waals surface area (Å²) in [5.74, 6) is 7.06. The van der Waals surface area contributed by atoms with Gasteiger partial charge in [-0.3, -0.25) is 0 Å². The van der Waals surface area contributed by atoms with E-state index in [1.807, 2.05) is 48.5 Å². The van der Waals surface area contributed by atoms with Crippen LogP contribution in [0.3, 0.4) is 0 Å². The molecule has 0 unspecified atom stereocenters. The van der Waals surface area contributed by atoms with E-state index >= 15 is 0 Å². The zero-order valence-electron chi connectivity index (χ0n) is 9.73. The summed E-state index contributed by atoms with van der Waals surface area (Å²) in [6.45, 7) is 3.84. The highest BCUT2D eigenvalue weighted by Gasteiger charge is 1.90. The third-order valence-corrected chi connectivity index (χ3v) is 2.40. The largest absolute Gasteiger partial charge is 0.497 e. The van der Waals surface area contributed by atoms with Crippen molar-refractivity contribution in [3.05, 3.63) is 72.1 Å². The first-order valence-corrected chi connectivity index (χ1v) is 5.36. The quantitative estimate of drug-likeness (QED) is 0.671. The molecule has 2 aromatic carbocycles. The molecule has 0 bridgehead atoms. The number of rotatable bonds is 1. The summed E-state index contributed by atoms with van der Waals surface area (Å²) in [5.41, 5.74) is 2.97. The molecule has 1 heteroatoms. The molecule has 0 heterocycles. The molecule has 0 saturated heterocycles. The monoisotopic (exact) mass is 221 g/mol. The fraction of sp³-hybridized carbons (Fsp3) is 0.0625. The van der Waals surface area contributed by atoms with Crippen molar-refractivity contribution in [2.75, 3.05) is 7.11 Å². The van der Waals surface area contributed by atoms with Gasteiger partial charge in [-0.2, -0.15) is 0 Å². The van der Waals surface area contributed by atoms with Gasteiger partial charge < -0.3 is 4.74 Å². The molecule has 0 saturated carbocycles. The number of methoxy groups -OCH3 is 1. The van der Waals surface area contributed by atoms with Crippen molar-refractivity contribution in [1.82, 2.24) is 0 Å². The van der Waals surface area contributed by atoms with Crippen LogP contribution >= 0.6 is 0 Å². The Morgan fingerprint density at radius 2 is 1.29 bits per heavy atom. The van der Waals surface area contributed by atoms with Gasteiger partial charge in [0.1, 0.15) is 5.75 Å². The zero-order valence-corrected chi connectivity index (χ0v) is 9.73. The van der Waals surface area contributed by atoms with Gasteiger partial charge in [0.2, 0.25) is 0 Å². The molecule has 0 amide bonds. The van der Waals surface area contributed by atoms with E-state index in [1.54, 1.807) is 7.11 Å². The standard InChI is InChI=1S/C16H13O/c1-13-3-5-14(6-4-13)7-8-15-9-11-16(17-2)12-10-15/h3-6,9-12H,1H2,2H3. The minimum atomic E-state index is 0.844. The van der Waals surface area contributed by atoms with Crippen LogP contribution in [0.2, 0.25) is 0 Å². The molecule has 0 aliphatic heterocycles. The lowest BCUT2D eigenvalue weighted by Gasteiger charge is -1.97. The summed E-state index contributed by atoms with van der Waals surface area (Å²) < 4.78 is 5.09. The first-order valence-electron chi connectivity index (χ1n) is 5.36. The van der Waals surface area contributed by atoms with Crippen LogP contribution in [0, 0.1) is 18.8 Å². The van der Waals surface area contributed by atoms with Gasteiger partial charge in [-0.1, -0.05) is 24.0 Å². The van der Waals surface area contributed by atoms with E-state index in [4.69, 9.17) is 4.74 Å². The Morgan fingerprint density at radius 3 is 1.76 bits per heavy atom. The fourth-order valence-electron chi connectivity index (χ4n) is 1.41. The highest BCUT2D eigenvalue weighted by atomic mass is 16.5. The normalized spacial score (nSPS) is 9.29. The average Bonchev–Trinajstić information content (AvgIpc) is 2.39. The van der Waals surface area contributed by atoms with Gasteiger partial charge in [-0.15, -0.1) is 0 Å². The van der Waals surface area contributed by atoms with Crippen molar-refractivity contribution < 1.29 is 4.74 Å². The summed E-state index contributed by atoms with van der Waals surface area (Å²) in [5, 5.41) is 0. The topological polar surface area (TPSA) is 9.23 Å². The molecule has 83 valence electrons. The molecule has 2 rings (SSSR count). The molecule has 2 aromatic rings. The first kappa shape index (κ1) is 11.3. The summed E-state index contributed by atoms with van der Waals surface area (Å²) in [4.78, 5) is 0. The van der Waals surface area contributed by atoms with Crippen LogP contribution in [0.15, 0.2) is 48.5 Å². The fourth-order valence-corrected chi connectivity index (χ4v) is 1.41.